The molecule has 1 N–H and O–H groups in total. The van der Waals surface area contributed by atoms with E-state index < -0.39 is 0 Å². The van der Waals surface area contributed by atoms with Crippen LogP contribution in [-0.4, -0.2) is 17.5 Å². The maximum atomic E-state index is 12.1. The van der Waals surface area contributed by atoms with Gasteiger partial charge in [-0.2, -0.15) is 0 Å². The SMILES string of the molecule is CCN(Cc1ccccc1)C(=O)N/C=C(\C)C(C)C. The van der Waals surface area contributed by atoms with Crippen molar-refractivity contribution in [3.05, 3.63) is 47.7 Å². The summed E-state index contributed by atoms with van der Waals surface area (Å²) in [6, 6.07) is 9.98. The van der Waals surface area contributed by atoms with Gasteiger partial charge in [0.1, 0.15) is 0 Å². The van der Waals surface area contributed by atoms with Crippen molar-refractivity contribution in [2.45, 2.75) is 34.2 Å². The highest BCUT2D eigenvalue weighted by molar-refractivity contribution is 5.75. The highest BCUT2D eigenvalue weighted by Gasteiger charge is 2.10. The zero-order valence-corrected chi connectivity index (χ0v) is 12.3. The predicted molar refractivity (Wildman–Crippen MR) is 79.7 cm³/mol. The zero-order valence-electron chi connectivity index (χ0n) is 12.3. The normalized spacial score (nSPS) is 11.5. The van der Waals surface area contributed by atoms with Crippen molar-refractivity contribution in [2.24, 2.45) is 5.92 Å². The molecule has 3 nitrogen and oxygen atoms in total. The molecule has 0 heterocycles. The Kier molecular flexibility index (Phi) is 6.13. The number of hydrogen-bond donors (Lipinski definition) is 1. The number of nitrogens with one attached hydrogen (secondary N) is 1. The summed E-state index contributed by atoms with van der Waals surface area (Å²) in [7, 11) is 0. The van der Waals surface area contributed by atoms with E-state index in [4.69, 9.17) is 0 Å². The van der Waals surface area contributed by atoms with E-state index in [9.17, 15) is 4.79 Å². The Morgan fingerprint density at radius 2 is 1.95 bits per heavy atom. The van der Waals surface area contributed by atoms with Crippen LogP contribution < -0.4 is 5.32 Å². The molecule has 3 heteroatoms. The largest absolute Gasteiger partial charge is 0.321 e. The Morgan fingerprint density at radius 1 is 1.32 bits per heavy atom. The van der Waals surface area contributed by atoms with E-state index in [1.165, 1.54) is 5.57 Å². The maximum Gasteiger partial charge on any atom is 0.321 e. The lowest BCUT2D eigenvalue weighted by atomic mass is 10.1. The second-order valence-corrected chi connectivity index (χ2v) is 4.99. The molecule has 0 fully saturated rings. The molecule has 1 aromatic carbocycles. The van der Waals surface area contributed by atoms with Gasteiger partial charge in [0, 0.05) is 19.3 Å². The fourth-order valence-corrected chi connectivity index (χ4v) is 1.56. The first kappa shape index (κ1) is 15.3. The smallest absolute Gasteiger partial charge is 0.321 e. The first-order valence-corrected chi connectivity index (χ1v) is 6.80. The third-order valence-electron chi connectivity index (χ3n) is 3.22. The molecular formula is C16H24N2O. The van der Waals surface area contributed by atoms with Crippen molar-refractivity contribution >= 4 is 6.03 Å². The summed E-state index contributed by atoms with van der Waals surface area (Å²) in [6.45, 7) is 9.56. The molecule has 0 saturated heterocycles. The summed E-state index contributed by atoms with van der Waals surface area (Å²) >= 11 is 0. The lowest BCUT2D eigenvalue weighted by molar-refractivity contribution is 0.202. The lowest BCUT2D eigenvalue weighted by Crippen LogP contribution is -2.37. The highest BCUT2D eigenvalue weighted by Crippen LogP contribution is 2.07. The van der Waals surface area contributed by atoms with Gasteiger partial charge in [0.05, 0.1) is 0 Å². The molecule has 0 aliphatic heterocycles. The van der Waals surface area contributed by atoms with Crippen molar-refractivity contribution in [2.75, 3.05) is 6.54 Å². The number of benzene rings is 1. The Balaban J connectivity index is 2.60. The minimum atomic E-state index is -0.0497. The van der Waals surface area contributed by atoms with E-state index in [1.54, 1.807) is 11.1 Å². The van der Waals surface area contributed by atoms with Crippen LogP contribution in [0.25, 0.3) is 0 Å². The van der Waals surface area contributed by atoms with Gasteiger partial charge in [0.2, 0.25) is 0 Å². The molecule has 104 valence electrons. The van der Waals surface area contributed by atoms with Gasteiger partial charge in [-0.25, -0.2) is 4.79 Å². The third kappa shape index (κ3) is 5.16. The van der Waals surface area contributed by atoms with Crippen molar-refractivity contribution in [1.82, 2.24) is 10.2 Å². The van der Waals surface area contributed by atoms with E-state index >= 15 is 0 Å². The number of carbonyl (C=O) groups is 1. The summed E-state index contributed by atoms with van der Waals surface area (Å²) in [4.78, 5) is 13.9. The Labute approximate surface area is 116 Å². The number of rotatable bonds is 5. The number of hydrogen-bond acceptors (Lipinski definition) is 1. The second-order valence-electron chi connectivity index (χ2n) is 4.99. The van der Waals surface area contributed by atoms with E-state index in [1.807, 2.05) is 44.2 Å². The topological polar surface area (TPSA) is 32.3 Å². The van der Waals surface area contributed by atoms with Gasteiger partial charge in [-0.05, 0) is 25.3 Å². The standard InChI is InChI=1S/C16H24N2O/c1-5-18(12-15-9-7-6-8-10-15)16(19)17-11-14(4)13(2)3/h6-11,13H,5,12H2,1-4H3,(H,17,19)/b14-11+. The van der Waals surface area contributed by atoms with Crippen LogP contribution in [0.5, 0.6) is 0 Å². The number of allylic oxidation sites excluding steroid dienone is 1. The van der Waals surface area contributed by atoms with Crippen LogP contribution in [0.4, 0.5) is 4.79 Å². The molecule has 19 heavy (non-hydrogen) atoms. The van der Waals surface area contributed by atoms with Crippen LogP contribution in [0.15, 0.2) is 42.1 Å². The van der Waals surface area contributed by atoms with Crippen molar-refractivity contribution in [3.8, 4) is 0 Å². The average Bonchev–Trinajstić information content (AvgIpc) is 2.42. The summed E-state index contributed by atoms with van der Waals surface area (Å²) in [5.74, 6) is 0.449. The molecule has 0 radical (unpaired) electrons. The van der Waals surface area contributed by atoms with E-state index in [0.717, 1.165) is 5.56 Å². The van der Waals surface area contributed by atoms with Crippen LogP contribution in [0.3, 0.4) is 0 Å². The molecule has 0 saturated carbocycles. The molecule has 0 bridgehead atoms. The van der Waals surface area contributed by atoms with Gasteiger partial charge in [-0.15, -0.1) is 0 Å². The molecular weight excluding hydrogens is 236 g/mol. The van der Waals surface area contributed by atoms with Crippen LogP contribution in [0, 0.1) is 5.92 Å². The second kappa shape index (κ2) is 7.62. The minimum Gasteiger partial charge on any atom is -0.321 e. The first-order chi connectivity index (χ1) is 9.04. The molecule has 0 atom stereocenters. The average molecular weight is 260 g/mol. The molecule has 1 rings (SSSR count). The highest BCUT2D eigenvalue weighted by atomic mass is 16.2. The van der Waals surface area contributed by atoms with E-state index in [2.05, 4.69) is 19.2 Å². The molecule has 0 unspecified atom stereocenters. The van der Waals surface area contributed by atoms with Gasteiger partial charge < -0.3 is 10.2 Å². The van der Waals surface area contributed by atoms with Crippen LogP contribution in [-0.2, 0) is 6.54 Å². The van der Waals surface area contributed by atoms with E-state index in [0.29, 0.717) is 19.0 Å². The van der Waals surface area contributed by atoms with Crippen LogP contribution in [0.2, 0.25) is 0 Å². The molecule has 0 aliphatic carbocycles. The van der Waals surface area contributed by atoms with Crippen LogP contribution in [0.1, 0.15) is 33.3 Å². The zero-order chi connectivity index (χ0) is 14.3. The van der Waals surface area contributed by atoms with Gasteiger partial charge in [0.25, 0.3) is 0 Å². The molecule has 0 spiro atoms. The van der Waals surface area contributed by atoms with Crippen LogP contribution >= 0.6 is 0 Å². The minimum absolute atomic E-state index is 0.0497. The van der Waals surface area contributed by atoms with Crippen molar-refractivity contribution in [1.29, 1.82) is 0 Å². The fraction of sp³-hybridized carbons (Fsp3) is 0.438. The number of amides is 2. The lowest BCUT2D eigenvalue weighted by Gasteiger charge is -2.21. The summed E-state index contributed by atoms with van der Waals surface area (Å²) in [6.07, 6.45) is 1.81. The van der Waals surface area contributed by atoms with Gasteiger partial charge >= 0.3 is 6.03 Å². The van der Waals surface area contributed by atoms with Gasteiger partial charge in [-0.1, -0.05) is 49.8 Å². The molecule has 1 aromatic rings. The summed E-state index contributed by atoms with van der Waals surface area (Å²) in [5, 5.41) is 2.86. The first-order valence-electron chi connectivity index (χ1n) is 6.80. The molecule has 0 aromatic heterocycles. The number of nitrogens with zero attached hydrogens (tertiary/aromatic N) is 1. The van der Waals surface area contributed by atoms with Crippen molar-refractivity contribution < 1.29 is 4.79 Å². The molecule has 0 aliphatic rings. The number of carbonyl (C=O) groups excluding carboxylic acids is 1. The third-order valence-corrected chi connectivity index (χ3v) is 3.22. The Bertz CT molecular complexity index is 424. The van der Waals surface area contributed by atoms with E-state index in [-0.39, 0.29) is 6.03 Å². The monoisotopic (exact) mass is 260 g/mol. The Hall–Kier alpha value is -1.77. The van der Waals surface area contributed by atoms with Gasteiger partial charge in [0.15, 0.2) is 0 Å². The summed E-state index contributed by atoms with van der Waals surface area (Å²) in [5.41, 5.74) is 2.31. The Morgan fingerprint density at radius 3 is 2.47 bits per heavy atom. The van der Waals surface area contributed by atoms with Gasteiger partial charge in [-0.3, -0.25) is 0 Å². The fourth-order valence-electron chi connectivity index (χ4n) is 1.56. The maximum absolute atomic E-state index is 12.1. The molecule has 2 amide bonds. The number of urea groups is 1. The summed E-state index contributed by atoms with van der Waals surface area (Å²) < 4.78 is 0. The quantitative estimate of drug-likeness (QED) is 0.858. The van der Waals surface area contributed by atoms with Crippen molar-refractivity contribution in [3.63, 3.8) is 0 Å². The predicted octanol–water partition coefficient (Wildman–Crippen LogP) is 3.78.